The molecule has 0 fully saturated rings. The van der Waals surface area contributed by atoms with Crippen LogP contribution in [-0.2, 0) is 6.54 Å². The molecule has 3 aromatic rings. The zero-order chi connectivity index (χ0) is 18.5. The van der Waals surface area contributed by atoms with Gasteiger partial charge in [0.05, 0.1) is 23.9 Å². The van der Waals surface area contributed by atoms with Crippen LogP contribution in [0.3, 0.4) is 0 Å². The lowest BCUT2D eigenvalue weighted by Gasteiger charge is -2.09. The molecule has 1 heterocycles. The fraction of sp³-hybridized carbons (Fsp3) is 0.0526. The van der Waals surface area contributed by atoms with Gasteiger partial charge in [-0.2, -0.15) is 10.4 Å². The first-order valence-corrected chi connectivity index (χ1v) is 7.73. The Morgan fingerprint density at radius 3 is 2.73 bits per heavy atom. The van der Waals surface area contributed by atoms with Gasteiger partial charge in [0.1, 0.15) is 0 Å². The first-order chi connectivity index (χ1) is 12.5. The molecule has 0 atom stereocenters. The van der Waals surface area contributed by atoms with Gasteiger partial charge in [-0.05, 0) is 35.9 Å². The van der Waals surface area contributed by atoms with Gasteiger partial charge in [0.15, 0.2) is 0 Å². The highest BCUT2D eigenvalue weighted by Gasteiger charge is 2.06. The minimum absolute atomic E-state index is 0.194. The number of hydrogen-bond donors (Lipinski definition) is 2. The molecular weight excluding hydrogens is 332 g/mol. The number of aromatic nitrogens is 2. The van der Waals surface area contributed by atoms with E-state index in [1.807, 2.05) is 6.07 Å². The summed E-state index contributed by atoms with van der Waals surface area (Å²) in [5.41, 5.74) is 2.69. The molecule has 7 nitrogen and oxygen atoms in total. The van der Waals surface area contributed by atoms with E-state index in [0.29, 0.717) is 16.9 Å². The molecule has 7 heteroatoms. The summed E-state index contributed by atoms with van der Waals surface area (Å²) in [6, 6.07) is 18.8. The number of rotatable bonds is 4. The highest BCUT2D eigenvalue weighted by Crippen LogP contribution is 2.17. The third kappa shape index (κ3) is 3.94. The third-order valence-electron chi connectivity index (χ3n) is 3.66. The highest BCUT2D eigenvalue weighted by atomic mass is 16.4. The Hall–Kier alpha value is -3.92. The molecule has 0 saturated heterocycles. The van der Waals surface area contributed by atoms with E-state index in [-0.39, 0.29) is 12.1 Å². The number of nitrogens with one attached hydrogen (secondary N) is 1. The minimum atomic E-state index is -1.16. The van der Waals surface area contributed by atoms with Gasteiger partial charge in [0.2, 0.25) is 0 Å². The summed E-state index contributed by atoms with van der Waals surface area (Å²) in [5, 5.41) is 24.4. The predicted molar refractivity (Wildman–Crippen MR) is 95.8 cm³/mol. The summed E-state index contributed by atoms with van der Waals surface area (Å²) in [7, 11) is 0. The topological polar surface area (TPSA) is 108 Å². The minimum Gasteiger partial charge on any atom is -0.465 e. The van der Waals surface area contributed by atoms with E-state index in [1.165, 1.54) is 10.7 Å². The van der Waals surface area contributed by atoms with Crippen LogP contribution >= 0.6 is 0 Å². The summed E-state index contributed by atoms with van der Waals surface area (Å²) in [4.78, 5) is 22.9. The molecular formula is C19H14N4O3. The fourth-order valence-electron chi connectivity index (χ4n) is 2.51. The van der Waals surface area contributed by atoms with E-state index >= 15 is 0 Å². The van der Waals surface area contributed by atoms with Crippen molar-refractivity contribution in [2.75, 3.05) is 5.32 Å². The fourth-order valence-corrected chi connectivity index (χ4v) is 2.51. The van der Waals surface area contributed by atoms with E-state index in [9.17, 15) is 9.59 Å². The van der Waals surface area contributed by atoms with Crippen molar-refractivity contribution in [1.29, 1.82) is 5.26 Å². The average molecular weight is 346 g/mol. The van der Waals surface area contributed by atoms with Gasteiger partial charge < -0.3 is 5.11 Å². The Labute approximate surface area is 148 Å². The monoisotopic (exact) mass is 346 g/mol. The number of amides is 1. The number of carboxylic acid groups (broad SMARTS) is 1. The van der Waals surface area contributed by atoms with Crippen molar-refractivity contribution in [2.45, 2.75) is 6.54 Å². The highest BCUT2D eigenvalue weighted by molar-refractivity contribution is 5.82. The second-order valence-electron chi connectivity index (χ2n) is 5.54. The Morgan fingerprint density at radius 1 is 1.15 bits per heavy atom. The van der Waals surface area contributed by atoms with Crippen molar-refractivity contribution in [3.63, 3.8) is 0 Å². The molecule has 3 rings (SSSR count). The smallest absolute Gasteiger partial charge is 0.409 e. The summed E-state index contributed by atoms with van der Waals surface area (Å²) in [6.07, 6.45) is -1.16. The zero-order valence-corrected chi connectivity index (χ0v) is 13.6. The summed E-state index contributed by atoms with van der Waals surface area (Å²) in [6.45, 7) is 0.194. The van der Waals surface area contributed by atoms with E-state index in [4.69, 9.17) is 10.4 Å². The maximum Gasteiger partial charge on any atom is 0.409 e. The van der Waals surface area contributed by atoms with E-state index < -0.39 is 6.09 Å². The van der Waals surface area contributed by atoms with Crippen LogP contribution in [0.25, 0.3) is 11.3 Å². The molecule has 0 aliphatic rings. The Kier molecular flexibility index (Phi) is 4.76. The van der Waals surface area contributed by atoms with E-state index in [1.54, 1.807) is 48.5 Å². The standard InChI is InChI=1S/C19H14N4O3/c20-11-13-3-1-5-15(9-13)17-7-8-18(24)23(22-17)12-14-4-2-6-16(10-14)21-19(25)26/h1-10,21H,12H2,(H,25,26). The Bertz CT molecular complexity index is 1070. The lowest BCUT2D eigenvalue weighted by molar-refractivity contribution is 0.210. The summed E-state index contributed by atoms with van der Waals surface area (Å²) >= 11 is 0. The molecule has 0 radical (unpaired) electrons. The van der Waals surface area contributed by atoms with Crippen LogP contribution in [0.5, 0.6) is 0 Å². The van der Waals surface area contributed by atoms with Gasteiger partial charge in [-0.25, -0.2) is 9.48 Å². The predicted octanol–water partition coefficient (Wildman–Crippen LogP) is 2.92. The van der Waals surface area contributed by atoms with Crippen molar-refractivity contribution in [3.8, 4) is 17.3 Å². The zero-order valence-electron chi connectivity index (χ0n) is 13.6. The number of benzene rings is 2. The molecule has 1 aromatic heterocycles. The maximum atomic E-state index is 12.1. The molecule has 0 spiro atoms. The van der Waals surface area contributed by atoms with Gasteiger partial charge >= 0.3 is 6.09 Å². The lowest BCUT2D eigenvalue weighted by Crippen LogP contribution is -2.23. The van der Waals surface area contributed by atoms with Crippen molar-refractivity contribution in [1.82, 2.24) is 9.78 Å². The normalized spacial score (nSPS) is 10.1. The Balaban J connectivity index is 1.92. The molecule has 2 aromatic carbocycles. The van der Waals surface area contributed by atoms with E-state index in [0.717, 1.165) is 11.1 Å². The molecule has 26 heavy (non-hydrogen) atoms. The Morgan fingerprint density at radius 2 is 1.96 bits per heavy atom. The number of hydrogen-bond acceptors (Lipinski definition) is 4. The largest absolute Gasteiger partial charge is 0.465 e. The average Bonchev–Trinajstić information content (AvgIpc) is 2.63. The first-order valence-electron chi connectivity index (χ1n) is 7.73. The number of carbonyl (C=O) groups is 1. The number of anilines is 1. The van der Waals surface area contributed by atoms with Crippen LogP contribution in [0.4, 0.5) is 10.5 Å². The van der Waals surface area contributed by atoms with Crippen LogP contribution < -0.4 is 10.9 Å². The molecule has 0 saturated carbocycles. The van der Waals surface area contributed by atoms with Crippen LogP contribution in [0.2, 0.25) is 0 Å². The van der Waals surface area contributed by atoms with Crippen molar-refractivity contribution < 1.29 is 9.90 Å². The maximum absolute atomic E-state index is 12.1. The second-order valence-corrected chi connectivity index (χ2v) is 5.54. The number of nitrogens with zero attached hydrogens (tertiary/aromatic N) is 3. The molecule has 0 bridgehead atoms. The SMILES string of the molecule is N#Cc1cccc(-c2ccc(=O)n(Cc3cccc(NC(=O)O)c3)n2)c1. The van der Waals surface area contributed by atoms with Gasteiger partial charge in [0, 0.05) is 17.3 Å². The second kappa shape index (κ2) is 7.32. The van der Waals surface area contributed by atoms with Crippen LogP contribution in [0.1, 0.15) is 11.1 Å². The molecule has 0 aliphatic carbocycles. The van der Waals surface area contributed by atoms with Gasteiger partial charge in [-0.3, -0.25) is 10.1 Å². The van der Waals surface area contributed by atoms with Gasteiger partial charge in [-0.15, -0.1) is 0 Å². The van der Waals surface area contributed by atoms with Crippen molar-refractivity contribution in [3.05, 3.63) is 82.1 Å². The summed E-state index contributed by atoms with van der Waals surface area (Å²) < 4.78 is 1.30. The summed E-state index contributed by atoms with van der Waals surface area (Å²) in [5.74, 6) is 0. The van der Waals surface area contributed by atoms with Crippen LogP contribution in [-0.4, -0.2) is 21.0 Å². The molecule has 2 N–H and O–H groups in total. The quantitative estimate of drug-likeness (QED) is 0.755. The van der Waals surface area contributed by atoms with Crippen molar-refractivity contribution in [2.24, 2.45) is 0 Å². The first kappa shape index (κ1) is 16.9. The number of nitriles is 1. The third-order valence-corrected chi connectivity index (χ3v) is 3.66. The van der Waals surface area contributed by atoms with Crippen LogP contribution in [0, 0.1) is 11.3 Å². The molecule has 128 valence electrons. The lowest BCUT2D eigenvalue weighted by atomic mass is 10.1. The van der Waals surface area contributed by atoms with Crippen molar-refractivity contribution >= 4 is 11.8 Å². The molecule has 0 unspecified atom stereocenters. The van der Waals surface area contributed by atoms with Gasteiger partial charge in [0.25, 0.3) is 5.56 Å². The van der Waals surface area contributed by atoms with Gasteiger partial charge in [-0.1, -0.05) is 24.3 Å². The van der Waals surface area contributed by atoms with E-state index in [2.05, 4.69) is 16.5 Å². The molecule has 0 aliphatic heterocycles. The molecule has 1 amide bonds. The van der Waals surface area contributed by atoms with Crippen LogP contribution in [0.15, 0.2) is 65.5 Å².